The molecule has 1 rings (SSSR count). The van der Waals surface area contributed by atoms with Crippen molar-refractivity contribution in [2.75, 3.05) is 6.54 Å². The predicted octanol–water partition coefficient (Wildman–Crippen LogP) is 3.33. The minimum Gasteiger partial charge on any atom is -0.481 e. The maximum Gasteiger partial charge on any atom is 0.310 e. The van der Waals surface area contributed by atoms with E-state index in [0.29, 0.717) is 25.7 Å². The maximum absolute atomic E-state index is 12.7. The molecule has 6 heteroatoms. The van der Waals surface area contributed by atoms with Crippen LogP contribution in [0.25, 0.3) is 0 Å². The molecule has 0 bridgehead atoms. The summed E-state index contributed by atoms with van der Waals surface area (Å²) in [5.74, 6) is -4.24. The molecule has 1 fully saturated rings. The molecule has 0 aromatic rings. The number of hydrogen-bond donors (Lipinski definition) is 3. The summed E-state index contributed by atoms with van der Waals surface area (Å²) < 4.78 is 0. The molecule has 1 aliphatic rings. The van der Waals surface area contributed by atoms with Crippen LogP contribution in [0.2, 0.25) is 0 Å². The number of nitrogens with two attached hydrogens (primary N) is 1. The molecule has 0 aromatic heterocycles. The molecule has 4 unspecified atom stereocenters. The fourth-order valence-electron chi connectivity index (χ4n) is 4.61. The average molecular weight is 370 g/mol. The first-order valence-corrected chi connectivity index (χ1v) is 9.99. The Morgan fingerprint density at radius 3 is 2.00 bits per heavy atom. The van der Waals surface area contributed by atoms with Gasteiger partial charge in [-0.3, -0.25) is 14.4 Å². The molecule has 0 spiro atoms. The van der Waals surface area contributed by atoms with Crippen LogP contribution in [0.5, 0.6) is 0 Å². The fourth-order valence-corrected chi connectivity index (χ4v) is 4.61. The summed E-state index contributed by atoms with van der Waals surface area (Å²) in [6.45, 7) is 5.76. The van der Waals surface area contributed by atoms with Crippen molar-refractivity contribution < 1.29 is 24.6 Å². The van der Waals surface area contributed by atoms with E-state index in [-0.39, 0.29) is 18.2 Å². The zero-order valence-electron chi connectivity index (χ0n) is 16.4. The SMILES string of the molecule is CCCCC(C(C(=O)O)C(CC)CCC)C(C(=O)CN)C1(C(=O)O)CC1. The molecule has 0 radical (unpaired) electrons. The van der Waals surface area contributed by atoms with Gasteiger partial charge in [0.25, 0.3) is 0 Å². The van der Waals surface area contributed by atoms with Crippen molar-refractivity contribution in [2.45, 2.75) is 72.1 Å². The van der Waals surface area contributed by atoms with Gasteiger partial charge >= 0.3 is 11.9 Å². The smallest absolute Gasteiger partial charge is 0.310 e. The number of aliphatic carboxylic acids is 2. The summed E-state index contributed by atoms with van der Waals surface area (Å²) in [6.07, 6.45) is 5.40. The third-order valence-electron chi connectivity index (χ3n) is 6.12. The standard InChI is InChI=1S/C20H35NO5/c1-4-7-9-14(16(18(23)24)13(6-3)8-5-2)17(15(22)12-21)20(10-11-20)19(25)26/h13-14,16-17H,4-12,21H2,1-3H3,(H,23,24)(H,25,26). The van der Waals surface area contributed by atoms with E-state index in [2.05, 4.69) is 0 Å². The lowest BCUT2D eigenvalue weighted by molar-refractivity contribution is -0.156. The van der Waals surface area contributed by atoms with Crippen molar-refractivity contribution >= 4 is 17.7 Å². The topological polar surface area (TPSA) is 118 Å². The van der Waals surface area contributed by atoms with E-state index in [9.17, 15) is 24.6 Å². The normalized spacial score (nSPS) is 20.0. The first kappa shape index (κ1) is 22.6. The van der Waals surface area contributed by atoms with Crippen molar-refractivity contribution in [1.82, 2.24) is 0 Å². The number of hydrogen-bond acceptors (Lipinski definition) is 4. The lowest BCUT2D eigenvalue weighted by Crippen LogP contribution is -2.46. The largest absolute Gasteiger partial charge is 0.481 e. The van der Waals surface area contributed by atoms with Crippen molar-refractivity contribution in [3.05, 3.63) is 0 Å². The average Bonchev–Trinajstić information content (AvgIpc) is 3.39. The van der Waals surface area contributed by atoms with E-state index in [1.807, 2.05) is 20.8 Å². The van der Waals surface area contributed by atoms with Crippen molar-refractivity contribution in [2.24, 2.45) is 34.8 Å². The summed E-state index contributed by atoms with van der Waals surface area (Å²) in [4.78, 5) is 36.9. The van der Waals surface area contributed by atoms with Gasteiger partial charge in [0.05, 0.1) is 17.9 Å². The molecule has 150 valence electrons. The molecule has 26 heavy (non-hydrogen) atoms. The van der Waals surface area contributed by atoms with E-state index in [1.165, 1.54) is 0 Å². The van der Waals surface area contributed by atoms with Crippen molar-refractivity contribution in [3.63, 3.8) is 0 Å². The van der Waals surface area contributed by atoms with Crippen LogP contribution >= 0.6 is 0 Å². The van der Waals surface area contributed by atoms with Crippen LogP contribution in [-0.2, 0) is 14.4 Å². The Balaban J connectivity index is 3.38. The number of rotatable bonds is 14. The van der Waals surface area contributed by atoms with E-state index >= 15 is 0 Å². The van der Waals surface area contributed by atoms with E-state index in [1.54, 1.807) is 0 Å². The molecule has 1 aliphatic carbocycles. The van der Waals surface area contributed by atoms with Gasteiger partial charge in [-0.15, -0.1) is 0 Å². The Kier molecular flexibility index (Phi) is 8.74. The number of carbonyl (C=O) groups is 3. The molecule has 6 nitrogen and oxygen atoms in total. The summed E-state index contributed by atoms with van der Waals surface area (Å²) in [5.41, 5.74) is 4.50. The Morgan fingerprint density at radius 2 is 1.65 bits per heavy atom. The van der Waals surface area contributed by atoms with Crippen LogP contribution in [0.3, 0.4) is 0 Å². The van der Waals surface area contributed by atoms with E-state index in [0.717, 1.165) is 25.7 Å². The molecular formula is C20H35NO5. The third kappa shape index (κ3) is 4.84. The van der Waals surface area contributed by atoms with Crippen LogP contribution in [0, 0.1) is 29.1 Å². The molecule has 0 aromatic carbocycles. The molecule has 0 amide bonds. The number of ketones is 1. The number of carboxylic acid groups (broad SMARTS) is 2. The van der Waals surface area contributed by atoms with Gasteiger partial charge in [0.15, 0.2) is 5.78 Å². The third-order valence-corrected chi connectivity index (χ3v) is 6.12. The van der Waals surface area contributed by atoms with Crippen molar-refractivity contribution in [1.29, 1.82) is 0 Å². The minimum absolute atomic E-state index is 0.0583. The van der Waals surface area contributed by atoms with Gasteiger partial charge in [-0.2, -0.15) is 0 Å². The second-order valence-corrected chi connectivity index (χ2v) is 7.74. The molecule has 0 aliphatic heterocycles. The highest BCUT2D eigenvalue weighted by molar-refractivity contribution is 5.92. The molecular weight excluding hydrogens is 334 g/mol. The maximum atomic E-state index is 12.7. The van der Waals surface area contributed by atoms with Crippen LogP contribution in [0.1, 0.15) is 72.1 Å². The summed E-state index contributed by atoms with van der Waals surface area (Å²) in [6, 6.07) is 0. The van der Waals surface area contributed by atoms with Crippen molar-refractivity contribution in [3.8, 4) is 0 Å². The molecule has 4 N–H and O–H groups in total. The van der Waals surface area contributed by atoms with Gasteiger partial charge in [0, 0.05) is 5.92 Å². The second kappa shape index (κ2) is 10.0. The number of Topliss-reactive ketones (excluding diaryl/α,β-unsaturated/α-hetero) is 1. The molecule has 0 heterocycles. The van der Waals surface area contributed by atoms with Crippen LogP contribution < -0.4 is 5.73 Å². The van der Waals surface area contributed by atoms with E-state index in [4.69, 9.17) is 5.73 Å². The first-order valence-electron chi connectivity index (χ1n) is 9.99. The Morgan fingerprint density at radius 1 is 1.04 bits per heavy atom. The highest BCUT2D eigenvalue weighted by atomic mass is 16.4. The Labute approximate surface area is 156 Å². The molecule has 0 saturated heterocycles. The summed E-state index contributed by atoms with van der Waals surface area (Å²) >= 11 is 0. The molecule has 1 saturated carbocycles. The van der Waals surface area contributed by atoms with Gasteiger partial charge in [0.1, 0.15) is 0 Å². The Bertz CT molecular complexity index is 500. The van der Waals surface area contributed by atoms with Gasteiger partial charge in [-0.25, -0.2) is 0 Å². The molecule has 4 atom stereocenters. The Hall–Kier alpha value is -1.43. The monoisotopic (exact) mass is 369 g/mol. The fraction of sp³-hybridized carbons (Fsp3) is 0.850. The van der Waals surface area contributed by atoms with E-state index < -0.39 is 35.1 Å². The zero-order valence-corrected chi connectivity index (χ0v) is 16.4. The van der Waals surface area contributed by atoms with Crippen LogP contribution in [0.4, 0.5) is 0 Å². The van der Waals surface area contributed by atoms with Gasteiger partial charge in [-0.05, 0) is 37.5 Å². The van der Waals surface area contributed by atoms with Gasteiger partial charge in [0.2, 0.25) is 0 Å². The number of unbranched alkanes of at least 4 members (excludes halogenated alkanes) is 1. The minimum atomic E-state index is -1.12. The van der Waals surface area contributed by atoms with Gasteiger partial charge in [-0.1, -0.05) is 46.5 Å². The highest BCUT2D eigenvalue weighted by Gasteiger charge is 2.61. The zero-order chi connectivity index (χ0) is 19.9. The predicted molar refractivity (Wildman–Crippen MR) is 99.7 cm³/mol. The van der Waals surface area contributed by atoms with Gasteiger partial charge < -0.3 is 15.9 Å². The number of carbonyl (C=O) groups excluding carboxylic acids is 1. The lowest BCUT2D eigenvalue weighted by Gasteiger charge is -2.38. The first-order chi connectivity index (χ1) is 12.3. The van der Waals surface area contributed by atoms with Crippen LogP contribution in [-0.4, -0.2) is 34.5 Å². The van der Waals surface area contributed by atoms with Crippen LogP contribution in [0.15, 0.2) is 0 Å². The summed E-state index contributed by atoms with van der Waals surface area (Å²) in [5, 5.41) is 19.8. The lowest BCUT2D eigenvalue weighted by atomic mass is 9.64. The quantitative estimate of drug-likeness (QED) is 0.432. The number of carboxylic acids is 2. The highest BCUT2D eigenvalue weighted by Crippen LogP contribution is 2.57. The summed E-state index contributed by atoms with van der Waals surface area (Å²) in [7, 11) is 0. The second-order valence-electron chi connectivity index (χ2n) is 7.74.